The van der Waals surface area contributed by atoms with Crippen LogP contribution < -0.4 is 5.32 Å². The molecule has 8 nitrogen and oxygen atoms in total. The lowest BCUT2D eigenvalue weighted by Gasteiger charge is -2.26. The van der Waals surface area contributed by atoms with E-state index in [9.17, 15) is 9.59 Å². The average molecular weight is 434 g/mol. The van der Waals surface area contributed by atoms with E-state index in [4.69, 9.17) is 9.47 Å². The van der Waals surface area contributed by atoms with Gasteiger partial charge >= 0.3 is 5.97 Å². The Morgan fingerprint density at radius 3 is 2.41 bits per heavy atom. The number of nitrogens with one attached hydrogen (secondary N) is 1. The van der Waals surface area contributed by atoms with Crippen molar-refractivity contribution in [2.24, 2.45) is 0 Å². The number of carbonyl (C=O) groups excluding carboxylic acids is 2. The molecule has 166 valence electrons. The van der Waals surface area contributed by atoms with Gasteiger partial charge in [-0.2, -0.15) is 5.10 Å². The van der Waals surface area contributed by atoms with Gasteiger partial charge in [0, 0.05) is 37.2 Å². The maximum atomic E-state index is 12.3. The molecule has 2 heterocycles. The van der Waals surface area contributed by atoms with Crippen LogP contribution in [0.3, 0.4) is 0 Å². The second-order valence-electron chi connectivity index (χ2n) is 7.64. The number of esters is 1. The van der Waals surface area contributed by atoms with Crippen LogP contribution in [0.4, 0.5) is 5.69 Å². The van der Waals surface area contributed by atoms with Crippen molar-refractivity contribution in [2.75, 3.05) is 38.2 Å². The summed E-state index contributed by atoms with van der Waals surface area (Å²) in [6.45, 7) is 5.83. The van der Waals surface area contributed by atoms with Crippen LogP contribution in [0.2, 0.25) is 0 Å². The standard InChI is InChI=1S/C24H26N4O4/c1-18-10-11-25-28(18)22-8-4-20(5-9-22)24(30)32-17-23(29)26-21-6-2-19(3-7-21)16-27-12-14-31-15-13-27/h2-11H,12-17H2,1H3,(H,26,29). The summed E-state index contributed by atoms with van der Waals surface area (Å²) in [5, 5.41) is 6.99. The normalized spacial score (nSPS) is 14.2. The fourth-order valence-electron chi connectivity index (χ4n) is 3.50. The molecule has 1 saturated heterocycles. The van der Waals surface area contributed by atoms with E-state index < -0.39 is 5.97 Å². The summed E-state index contributed by atoms with van der Waals surface area (Å²) in [5.41, 5.74) is 4.05. The third-order valence-electron chi connectivity index (χ3n) is 5.26. The number of morpholine rings is 1. The van der Waals surface area contributed by atoms with Crippen molar-refractivity contribution in [3.05, 3.63) is 77.6 Å². The highest BCUT2D eigenvalue weighted by molar-refractivity contribution is 5.95. The maximum Gasteiger partial charge on any atom is 0.338 e. The Hall–Kier alpha value is -3.49. The van der Waals surface area contributed by atoms with E-state index in [0.29, 0.717) is 11.3 Å². The highest BCUT2D eigenvalue weighted by atomic mass is 16.5. The first-order valence-electron chi connectivity index (χ1n) is 10.6. The largest absolute Gasteiger partial charge is 0.452 e. The van der Waals surface area contributed by atoms with Gasteiger partial charge in [0.2, 0.25) is 0 Å². The summed E-state index contributed by atoms with van der Waals surface area (Å²) in [6, 6.07) is 16.5. The van der Waals surface area contributed by atoms with Gasteiger partial charge in [0.1, 0.15) is 0 Å². The van der Waals surface area contributed by atoms with E-state index in [2.05, 4.69) is 15.3 Å². The van der Waals surface area contributed by atoms with Crippen LogP contribution in [-0.4, -0.2) is 59.5 Å². The fourth-order valence-corrected chi connectivity index (χ4v) is 3.50. The van der Waals surface area contributed by atoms with Gasteiger partial charge in [-0.3, -0.25) is 9.69 Å². The molecule has 4 rings (SSSR count). The lowest BCUT2D eigenvalue weighted by molar-refractivity contribution is -0.119. The van der Waals surface area contributed by atoms with Gasteiger partial charge in [-0.25, -0.2) is 9.48 Å². The SMILES string of the molecule is Cc1ccnn1-c1ccc(C(=O)OCC(=O)Nc2ccc(CN3CCOCC3)cc2)cc1. The number of hydrogen-bond donors (Lipinski definition) is 1. The van der Waals surface area contributed by atoms with Crippen LogP contribution >= 0.6 is 0 Å². The molecular weight excluding hydrogens is 408 g/mol. The van der Waals surface area contributed by atoms with Crippen molar-refractivity contribution < 1.29 is 19.1 Å². The number of anilines is 1. The molecule has 0 saturated carbocycles. The van der Waals surface area contributed by atoms with Gasteiger partial charge in [0.15, 0.2) is 6.61 Å². The number of nitrogens with zero attached hydrogens (tertiary/aromatic N) is 3. The van der Waals surface area contributed by atoms with E-state index in [1.54, 1.807) is 35.1 Å². The minimum atomic E-state index is -0.551. The minimum Gasteiger partial charge on any atom is -0.452 e. The number of benzene rings is 2. The second kappa shape index (κ2) is 10.2. The molecule has 0 unspecified atom stereocenters. The molecule has 1 amide bonds. The number of hydrogen-bond acceptors (Lipinski definition) is 6. The minimum absolute atomic E-state index is 0.353. The van der Waals surface area contributed by atoms with Crippen molar-refractivity contribution in [2.45, 2.75) is 13.5 Å². The summed E-state index contributed by atoms with van der Waals surface area (Å²) in [5.74, 6) is -0.937. The lowest BCUT2D eigenvalue weighted by Crippen LogP contribution is -2.35. The molecule has 3 aromatic rings. The number of aromatic nitrogens is 2. The number of carbonyl (C=O) groups is 2. The van der Waals surface area contributed by atoms with Crippen molar-refractivity contribution >= 4 is 17.6 Å². The zero-order valence-corrected chi connectivity index (χ0v) is 18.0. The Balaban J connectivity index is 1.24. The Morgan fingerprint density at radius 2 is 1.75 bits per heavy atom. The molecule has 0 spiro atoms. The summed E-state index contributed by atoms with van der Waals surface area (Å²) in [6.07, 6.45) is 1.72. The first kappa shape index (κ1) is 21.7. The zero-order valence-electron chi connectivity index (χ0n) is 18.0. The lowest BCUT2D eigenvalue weighted by atomic mass is 10.2. The molecule has 0 bridgehead atoms. The van der Waals surface area contributed by atoms with Crippen LogP contribution in [0.25, 0.3) is 5.69 Å². The van der Waals surface area contributed by atoms with Crippen molar-refractivity contribution in [1.29, 1.82) is 0 Å². The molecule has 1 fully saturated rings. The summed E-state index contributed by atoms with van der Waals surface area (Å²) >= 11 is 0. The third-order valence-corrected chi connectivity index (χ3v) is 5.26. The predicted molar refractivity (Wildman–Crippen MR) is 120 cm³/mol. The topological polar surface area (TPSA) is 85.7 Å². The zero-order chi connectivity index (χ0) is 22.3. The molecule has 32 heavy (non-hydrogen) atoms. The van der Waals surface area contributed by atoms with Crippen LogP contribution in [0.1, 0.15) is 21.6 Å². The quantitative estimate of drug-likeness (QED) is 0.576. The van der Waals surface area contributed by atoms with Crippen molar-refractivity contribution in [1.82, 2.24) is 14.7 Å². The monoisotopic (exact) mass is 434 g/mol. The van der Waals surface area contributed by atoms with Crippen molar-refractivity contribution in [3.8, 4) is 5.69 Å². The van der Waals surface area contributed by atoms with E-state index in [0.717, 1.165) is 44.2 Å². The van der Waals surface area contributed by atoms with E-state index in [1.807, 2.05) is 37.3 Å². The maximum absolute atomic E-state index is 12.3. The van der Waals surface area contributed by atoms with Gasteiger partial charge in [0.05, 0.1) is 24.5 Å². The first-order valence-corrected chi connectivity index (χ1v) is 10.6. The molecule has 8 heteroatoms. The summed E-state index contributed by atoms with van der Waals surface area (Å²) < 4.78 is 12.3. The Bertz CT molecular complexity index is 1050. The van der Waals surface area contributed by atoms with E-state index in [1.165, 1.54) is 5.56 Å². The van der Waals surface area contributed by atoms with Crippen LogP contribution in [0, 0.1) is 6.92 Å². The highest BCUT2D eigenvalue weighted by Crippen LogP contribution is 2.14. The predicted octanol–water partition coefficient (Wildman–Crippen LogP) is 2.81. The molecule has 0 aliphatic carbocycles. The molecule has 1 aliphatic rings. The van der Waals surface area contributed by atoms with Crippen molar-refractivity contribution in [3.63, 3.8) is 0 Å². The van der Waals surface area contributed by atoms with Crippen LogP contribution in [0.5, 0.6) is 0 Å². The van der Waals surface area contributed by atoms with Gasteiger partial charge in [-0.05, 0) is 55.0 Å². The van der Waals surface area contributed by atoms with E-state index in [-0.39, 0.29) is 12.5 Å². The van der Waals surface area contributed by atoms with Gasteiger partial charge in [-0.15, -0.1) is 0 Å². The number of ether oxygens (including phenoxy) is 2. The highest BCUT2D eigenvalue weighted by Gasteiger charge is 2.13. The molecule has 0 atom stereocenters. The second-order valence-corrected chi connectivity index (χ2v) is 7.64. The molecule has 2 aromatic carbocycles. The van der Waals surface area contributed by atoms with Gasteiger partial charge in [-0.1, -0.05) is 12.1 Å². The smallest absolute Gasteiger partial charge is 0.338 e. The molecule has 0 radical (unpaired) electrons. The van der Waals surface area contributed by atoms with Gasteiger partial charge < -0.3 is 14.8 Å². The molecule has 1 aliphatic heterocycles. The first-order chi connectivity index (χ1) is 15.6. The fraction of sp³-hybridized carbons (Fsp3) is 0.292. The Kier molecular flexibility index (Phi) is 6.94. The Labute approximate surface area is 186 Å². The van der Waals surface area contributed by atoms with Crippen LogP contribution in [-0.2, 0) is 20.8 Å². The molecular formula is C24H26N4O4. The summed E-state index contributed by atoms with van der Waals surface area (Å²) in [4.78, 5) is 26.8. The van der Waals surface area contributed by atoms with Crippen LogP contribution in [0.15, 0.2) is 60.8 Å². The van der Waals surface area contributed by atoms with E-state index >= 15 is 0 Å². The summed E-state index contributed by atoms with van der Waals surface area (Å²) in [7, 11) is 0. The number of amides is 1. The molecule has 1 N–H and O–H groups in total. The molecule has 1 aromatic heterocycles. The average Bonchev–Trinajstić information content (AvgIpc) is 3.25. The number of aryl methyl sites for hydroxylation is 1. The Morgan fingerprint density at radius 1 is 1.03 bits per heavy atom. The number of rotatable bonds is 7. The van der Waals surface area contributed by atoms with Gasteiger partial charge in [0.25, 0.3) is 5.91 Å². The third kappa shape index (κ3) is 5.60.